The Bertz CT molecular complexity index is 1060. The predicted molar refractivity (Wildman–Crippen MR) is 142 cm³/mol. The molecule has 0 N–H and O–H groups in total. The van der Waals surface area contributed by atoms with Crippen molar-refractivity contribution in [1.82, 2.24) is 0 Å². The lowest BCUT2D eigenvalue weighted by Crippen LogP contribution is -2.29. The fourth-order valence-electron chi connectivity index (χ4n) is 4.73. The second kappa shape index (κ2) is 9.28. The molecule has 0 amide bonds. The van der Waals surface area contributed by atoms with Gasteiger partial charge in [-0.05, 0) is 45.6 Å². The van der Waals surface area contributed by atoms with Gasteiger partial charge in [0, 0.05) is 10.6 Å². The van der Waals surface area contributed by atoms with Gasteiger partial charge in [-0.1, -0.05) is 121 Å². The van der Waals surface area contributed by atoms with Crippen molar-refractivity contribution in [2.45, 2.75) is 90.6 Å². The van der Waals surface area contributed by atoms with Gasteiger partial charge in [0.25, 0.3) is 0 Å². The summed E-state index contributed by atoms with van der Waals surface area (Å²) in [6.07, 6.45) is 6.67. The first kappa shape index (κ1) is 23.5. The van der Waals surface area contributed by atoms with Gasteiger partial charge in [-0.3, -0.25) is 0 Å². The van der Waals surface area contributed by atoms with Crippen LogP contribution in [0.1, 0.15) is 84.8 Å². The summed E-state index contributed by atoms with van der Waals surface area (Å²) in [5.41, 5.74) is 3.01. The van der Waals surface area contributed by atoms with E-state index in [9.17, 15) is 0 Å². The van der Waals surface area contributed by atoms with Crippen molar-refractivity contribution in [3.05, 3.63) is 71.8 Å². The SMILES string of the molecule is CC(C)(C)c1ccc(P(OC2CCCCC2)c2cccc3ccccc23)c(C(C)(C)C)c1. The highest BCUT2D eigenvalue weighted by atomic mass is 31.1. The maximum atomic E-state index is 7.10. The molecule has 1 unspecified atom stereocenters. The summed E-state index contributed by atoms with van der Waals surface area (Å²) in [5, 5.41) is 5.38. The number of rotatable bonds is 4. The van der Waals surface area contributed by atoms with Gasteiger partial charge in [0.15, 0.2) is 0 Å². The van der Waals surface area contributed by atoms with Crippen molar-refractivity contribution in [2.24, 2.45) is 0 Å². The fraction of sp³-hybridized carbons (Fsp3) is 0.467. The third-order valence-corrected chi connectivity index (χ3v) is 8.85. The Morgan fingerprint density at radius 1 is 0.719 bits per heavy atom. The first-order chi connectivity index (χ1) is 15.1. The Morgan fingerprint density at radius 3 is 2.09 bits per heavy atom. The number of hydrogen-bond acceptors (Lipinski definition) is 1. The highest BCUT2D eigenvalue weighted by molar-refractivity contribution is 7.69. The van der Waals surface area contributed by atoms with Crippen LogP contribution in [0.25, 0.3) is 10.8 Å². The Labute approximate surface area is 196 Å². The molecule has 0 heterocycles. The molecule has 1 aliphatic rings. The van der Waals surface area contributed by atoms with Crippen LogP contribution in [-0.2, 0) is 15.4 Å². The van der Waals surface area contributed by atoms with Crippen LogP contribution < -0.4 is 10.6 Å². The molecule has 0 aromatic heterocycles. The zero-order valence-electron chi connectivity index (χ0n) is 20.7. The zero-order chi connectivity index (χ0) is 22.9. The van der Waals surface area contributed by atoms with Crippen molar-refractivity contribution in [2.75, 3.05) is 0 Å². The van der Waals surface area contributed by atoms with Gasteiger partial charge in [-0.25, -0.2) is 0 Å². The Morgan fingerprint density at radius 2 is 1.41 bits per heavy atom. The average Bonchev–Trinajstić information content (AvgIpc) is 2.76. The van der Waals surface area contributed by atoms with E-state index in [1.807, 2.05) is 0 Å². The van der Waals surface area contributed by atoms with Crippen molar-refractivity contribution >= 4 is 29.5 Å². The Hall–Kier alpha value is -1.69. The third kappa shape index (κ3) is 5.11. The molecule has 170 valence electrons. The van der Waals surface area contributed by atoms with Gasteiger partial charge < -0.3 is 4.52 Å². The van der Waals surface area contributed by atoms with E-state index in [4.69, 9.17) is 4.52 Å². The third-order valence-electron chi connectivity index (χ3n) is 6.68. The lowest BCUT2D eigenvalue weighted by Gasteiger charge is -2.33. The van der Waals surface area contributed by atoms with Crippen LogP contribution in [0.3, 0.4) is 0 Å². The van der Waals surface area contributed by atoms with E-state index in [0.29, 0.717) is 6.10 Å². The summed E-state index contributed by atoms with van der Waals surface area (Å²) >= 11 is 0. The van der Waals surface area contributed by atoms with Crippen molar-refractivity contribution < 1.29 is 4.52 Å². The van der Waals surface area contributed by atoms with E-state index in [2.05, 4.69) is 102 Å². The first-order valence-electron chi connectivity index (χ1n) is 12.2. The molecule has 0 radical (unpaired) electrons. The maximum absolute atomic E-state index is 7.10. The molecule has 0 bridgehead atoms. The van der Waals surface area contributed by atoms with Gasteiger partial charge in [0.1, 0.15) is 0 Å². The van der Waals surface area contributed by atoms with Crippen molar-refractivity contribution in [1.29, 1.82) is 0 Å². The molecule has 0 saturated heterocycles. The average molecular weight is 447 g/mol. The van der Waals surface area contributed by atoms with Crippen LogP contribution in [0.2, 0.25) is 0 Å². The summed E-state index contributed by atoms with van der Waals surface area (Å²) in [7, 11) is -0.907. The van der Waals surface area contributed by atoms with E-state index in [1.54, 1.807) is 0 Å². The molecule has 1 aliphatic carbocycles. The maximum Gasteiger partial charge on any atom is 0.0930 e. The molecule has 1 saturated carbocycles. The van der Waals surface area contributed by atoms with Crippen LogP contribution in [-0.4, -0.2) is 6.10 Å². The van der Waals surface area contributed by atoms with Gasteiger partial charge in [-0.15, -0.1) is 0 Å². The normalized spacial score (nSPS) is 16.9. The smallest absolute Gasteiger partial charge is 0.0930 e. The van der Waals surface area contributed by atoms with Gasteiger partial charge in [0.2, 0.25) is 0 Å². The van der Waals surface area contributed by atoms with Crippen LogP contribution in [0, 0.1) is 0 Å². The van der Waals surface area contributed by atoms with Crippen LogP contribution >= 0.6 is 8.15 Å². The minimum absolute atomic E-state index is 0.0533. The lowest BCUT2D eigenvalue weighted by atomic mass is 9.81. The lowest BCUT2D eigenvalue weighted by molar-refractivity contribution is 0.177. The standard InChI is InChI=1S/C30H39OP/c1-29(2,3)23-19-20-28(26(21-23)30(4,5)6)32(31-24-15-8-7-9-16-24)27-18-12-14-22-13-10-11-17-25(22)27/h10-14,17-21,24H,7-9,15-16H2,1-6H3. The summed E-state index contributed by atoms with van der Waals surface area (Å²) in [5.74, 6) is 0. The molecular formula is C30H39OP. The van der Waals surface area contributed by atoms with Crippen molar-refractivity contribution in [3.63, 3.8) is 0 Å². The fourth-order valence-corrected chi connectivity index (χ4v) is 7.20. The summed E-state index contributed by atoms with van der Waals surface area (Å²) in [6.45, 7) is 13.9. The minimum Gasteiger partial charge on any atom is -0.346 e. The highest BCUT2D eigenvalue weighted by Gasteiger charge is 2.30. The number of fused-ring (bicyclic) bond motifs is 1. The monoisotopic (exact) mass is 446 g/mol. The van der Waals surface area contributed by atoms with Gasteiger partial charge in [0.05, 0.1) is 14.3 Å². The number of hydrogen-bond donors (Lipinski definition) is 0. The molecule has 0 aliphatic heterocycles. The zero-order valence-corrected chi connectivity index (χ0v) is 21.6. The van der Waals surface area contributed by atoms with Gasteiger partial charge >= 0.3 is 0 Å². The molecule has 3 aromatic rings. The number of benzene rings is 3. The Kier molecular flexibility index (Phi) is 6.81. The molecule has 1 atom stereocenters. The molecule has 2 heteroatoms. The van der Waals surface area contributed by atoms with E-state index in [0.717, 1.165) is 0 Å². The molecule has 0 spiro atoms. The van der Waals surface area contributed by atoms with Crippen LogP contribution in [0.4, 0.5) is 0 Å². The van der Waals surface area contributed by atoms with Crippen LogP contribution in [0.5, 0.6) is 0 Å². The summed E-state index contributed by atoms with van der Waals surface area (Å²) in [4.78, 5) is 0. The first-order valence-corrected chi connectivity index (χ1v) is 13.5. The topological polar surface area (TPSA) is 9.23 Å². The summed E-state index contributed by atoms with van der Waals surface area (Å²) < 4.78 is 7.10. The Balaban J connectivity index is 1.90. The van der Waals surface area contributed by atoms with Crippen molar-refractivity contribution in [3.8, 4) is 0 Å². The molecule has 1 nitrogen and oxygen atoms in total. The molecule has 3 aromatic carbocycles. The largest absolute Gasteiger partial charge is 0.346 e. The molecule has 32 heavy (non-hydrogen) atoms. The predicted octanol–water partition coefficient (Wildman–Crippen LogP) is 8.13. The molecular weight excluding hydrogens is 407 g/mol. The highest BCUT2D eigenvalue weighted by Crippen LogP contribution is 2.45. The van der Waals surface area contributed by atoms with E-state index >= 15 is 0 Å². The van der Waals surface area contributed by atoms with Crippen LogP contribution in [0.15, 0.2) is 60.7 Å². The second-order valence-electron chi connectivity index (χ2n) is 11.4. The molecule has 1 fully saturated rings. The quantitative estimate of drug-likeness (QED) is 0.368. The second-order valence-corrected chi connectivity index (χ2v) is 13.2. The molecule has 4 rings (SSSR count). The summed E-state index contributed by atoms with van der Waals surface area (Å²) in [6, 6.07) is 22.7. The van der Waals surface area contributed by atoms with Gasteiger partial charge in [-0.2, -0.15) is 0 Å². The van der Waals surface area contributed by atoms with E-state index in [1.165, 1.54) is 64.6 Å². The minimum atomic E-state index is -0.907. The van der Waals surface area contributed by atoms with E-state index in [-0.39, 0.29) is 10.8 Å². The van der Waals surface area contributed by atoms with E-state index < -0.39 is 8.15 Å².